The van der Waals surface area contributed by atoms with Crippen LogP contribution in [0.15, 0.2) is 40.9 Å². The van der Waals surface area contributed by atoms with E-state index in [4.69, 9.17) is 4.74 Å². The van der Waals surface area contributed by atoms with E-state index >= 15 is 0 Å². The lowest BCUT2D eigenvalue weighted by molar-refractivity contribution is -0.132. The van der Waals surface area contributed by atoms with Crippen LogP contribution in [0.25, 0.3) is 0 Å². The molecule has 1 fully saturated rings. The van der Waals surface area contributed by atoms with Gasteiger partial charge in [0.05, 0.1) is 12.1 Å². The number of aliphatic imine (C=N–C) groups is 1. The number of aryl methyl sites for hydroxylation is 1. The third-order valence-corrected chi connectivity index (χ3v) is 5.03. The Labute approximate surface area is 164 Å². The van der Waals surface area contributed by atoms with Crippen LogP contribution in [-0.4, -0.2) is 11.9 Å². The van der Waals surface area contributed by atoms with Crippen molar-refractivity contribution >= 4 is 17.6 Å². The third-order valence-electron chi connectivity index (χ3n) is 5.03. The highest BCUT2D eigenvalue weighted by Gasteiger charge is 2.24. The van der Waals surface area contributed by atoms with Gasteiger partial charge in [0.15, 0.2) is 0 Å². The molecular formula is C24H35NO2. The molecule has 2 rings (SSSR count). The largest absolute Gasteiger partial charge is 0.407 e. The number of carbonyl (C=O) groups excluding carboxylic acids is 1. The lowest BCUT2D eigenvalue weighted by Gasteiger charge is -2.02. The van der Waals surface area contributed by atoms with E-state index in [1.165, 1.54) is 69.8 Å². The lowest BCUT2D eigenvalue weighted by Crippen LogP contribution is -1.98. The first-order valence-electron chi connectivity index (χ1n) is 10.7. The van der Waals surface area contributed by atoms with Crippen molar-refractivity contribution in [1.82, 2.24) is 0 Å². The zero-order valence-electron chi connectivity index (χ0n) is 17.1. The van der Waals surface area contributed by atoms with Crippen LogP contribution in [-0.2, 0) is 9.53 Å². The van der Waals surface area contributed by atoms with Crippen molar-refractivity contribution in [3.8, 4) is 0 Å². The number of allylic oxidation sites excluding steroid dienone is 1. The molecule has 1 saturated heterocycles. The lowest BCUT2D eigenvalue weighted by atomic mass is 10.0. The highest BCUT2D eigenvalue weighted by atomic mass is 16.5. The number of unbranched alkanes of at least 4 members (excludes halogenated alkanes) is 10. The van der Waals surface area contributed by atoms with Crippen LogP contribution in [0, 0.1) is 6.92 Å². The molecule has 3 nitrogen and oxygen atoms in total. The van der Waals surface area contributed by atoms with Gasteiger partial charge in [-0.15, -0.1) is 0 Å². The van der Waals surface area contributed by atoms with Crippen molar-refractivity contribution in [3.63, 3.8) is 0 Å². The van der Waals surface area contributed by atoms with Gasteiger partial charge in [-0.2, -0.15) is 0 Å². The van der Waals surface area contributed by atoms with Gasteiger partial charge in [0.25, 0.3) is 0 Å². The summed E-state index contributed by atoms with van der Waals surface area (Å²) < 4.78 is 5.30. The molecule has 27 heavy (non-hydrogen) atoms. The summed E-state index contributed by atoms with van der Waals surface area (Å²) in [5.74, 6) is 0.283. The summed E-state index contributed by atoms with van der Waals surface area (Å²) in [5.41, 5.74) is 2.96. The number of esters is 1. The van der Waals surface area contributed by atoms with Gasteiger partial charge in [0.2, 0.25) is 5.90 Å². The summed E-state index contributed by atoms with van der Waals surface area (Å²) in [7, 11) is 0. The number of nitrogens with zero attached hydrogens (tertiary/aromatic N) is 1. The Morgan fingerprint density at radius 2 is 1.52 bits per heavy atom. The number of rotatable bonds is 12. The van der Waals surface area contributed by atoms with Gasteiger partial charge < -0.3 is 4.74 Å². The van der Waals surface area contributed by atoms with Crippen molar-refractivity contribution in [2.45, 2.75) is 90.9 Å². The van der Waals surface area contributed by atoms with Crippen molar-refractivity contribution in [2.75, 3.05) is 0 Å². The second-order valence-corrected chi connectivity index (χ2v) is 7.60. The summed E-state index contributed by atoms with van der Waals surface area (Å²) in [6.45, 7) is 4.31. The number of ether oxygens (including phenoxy) is 1. The molecule has 0 unspecified atom stereocenters. The highest BCUT2D eigenvalue weighted by molar-refractivity contribution is 6.09. The van der Waals surface area contributed by atoms with Crippen molar-refractivity contribution in [3.05, 3.63) is 41.5 Å². The van der Waals surface area contributed by atoms with Crippen LogP contribution in [0.3, 0.4) is 0 Å². The zero-order valence-corrected chi connectivity index (χ0v) is 17.1. The Morgan fingerprint density at radius 1 is 0.926 bits per heavy atom. The maximum atomic E-state index is 11.7. The Balaban J connectivity index is 1.67. The van der Waals surface area contributed by atoms with Crippen molar-refractivity contribution in [2.24, 2.45) is 4.99 Å². The number of cyclic esters (lactones) is 1. The van der Waals surface area contributed by atoms with E-state index in [1.54, 1.807) is 0 Å². The number of carbonyl (C=O) groups is 1. The molecule has 0 amide bonds. The molecule has 0 bridgehead atoms. The van der Waals surface area contributed by atoms with Crippen molar-refractivity contribution in [1.29, 1.82) is 0 Å². The molecule has 0 aromatic heterocycles. The molecule has 0 N–H and O–H groups in total. The van der Waals surface area contributed by atoms with Gasteiger partial charge in [-0.25, -0.2) is 4.99 Å². The summed E-state index contributed by atoms with van der Waals surface area (Å²) in [6, 6.07) is 7.94. The Hall–Kier alpha value is -1.90. The minimum atomic E-state index is -0.199. The molecule has 0 atom stereocenters. The van der Waals surface area contributed by atoms with E-state index in [2.05, 4.69) is 18.0 Å². The summed E-state index contributed by atoms with van der Waals surface area (Å²) in [6.07, 6.45) is 16.9. The first-order valence-corrected chi connectivity index (χ1v) is 10.7. The van der Waals surface area contributed by atoms with Gasteiger partial charge in [0, 0.05) is 5.57 Å². The SMILES string of the molecule is CCCCCCCCCCCC/C=C1\CC(=O)OC1=Nc1ccc(C)cc1. The number of hydrogen-bond acceptors (Lipinski definition) is 3. The zero-order chi connectivity index (χ0) is 19.3. The summed E-state index contributed by atoms with van der Waals surface area (Å²) in [4.78, 5) is 16.2. The predicted octanol–water partition coefficient (Wildman–Crippen LogP) is 7.21. The fourth-order valence-corrected chi connectivity index (χ4v) is 3.34. The van der Waals surface area contributed by atoms with E-state index in [9.17, 15) is 4.79 Å². The normalized spacial score (nSPS) is 17.0. The van der Waals surface area contributed by atoms with Gasteiger partial charge >= 0.3 is 5.97 Å². The Bertz CT molecular complexity index is 628. The van der Waals surface area contributed by atoms with E-state index in [0.717, 1.165) is 17.7 Å². The molecule has 148 valence electrons. The second-order valence-electron chi connectivity index (χ2n) is 7.60. The molecule has 0 aliphatic carbocycles. The Kier molecular flexibility index (Phi) is 9.89. The molecule has 1 aliphatic heterocycles. The predicted molar refractivity (Wildman–Crippen MR) is 114 cm³/mol. The minimum absolute atomic E-state index is 0.199. The average Bonchev–Trinajstić information content (AvgIpc) is 3.01. The van der Waals surface area contributed by atoms with Crippen LogP contribution in [0.2, 0.25) is 0 Å². The molecule has 1 aliphatic rings. The van der Waals surface area contributed by atoms with E-state index in [0.29, 0.717) is 12.3 Å². The first-order chi connectivity index (χ1) is 13.2. The maximum absolute atomic E-state index is 11.7. The molecule has 1 aromatic rings. The number of hydrogen-bond donors (Lipinski definition) is 0. The van der Waals surface area contributed by atoms with E-state index in [-0.39, 0.29) is 5.97 Å². The first kappa shape index (κ1) is 21.4. The summed E-state index contributed by atoms with van der Waals surface area (Å²) >= 11 is 0. The molecule has 3 heteroatoms. The number of benzene rings is 1. The summed E-state index contributed by atoms with van der Waals surface area (Å²) in [5, 5.41) is 0. The van der Waals surface area contributed by atoms with Gasteiger partial charge in [-0.1, -0.05) is 88.5 Å². The average molecular weight is 370 g/mol. The van der Waals surface area contributed by atoms with Crippen LogP contribution >= 0.6 is 0 Å². The molecule has 0 spiro atoms. The molecule has 0 saturated carbocycles. The monoisotopic (exact) mass is 369 g/mol. The molecular weight excluding hydrogens is 334 g/mol. The second kappa shape index (κ2) is 12.5. The minimum Gasteiger partial charge on any atom is -0.407 e. The molecule has 0 radical (unpaired) electrons. The Morgan fingerprint density at radius 3 is 2.15 bits per heavy atom. The molecule has 1 aromatic carbocycles. The van der Waals surface area contributed by atoms with Gasteiger partial charge in [-0.3, -0.25) is 4.79 Å². The topological polar surface area (TPSA) is 38.7 Å². The highest BCUT2D eigenvalue weighted by Crippen LogP contribution is 2.22. The van der Waals surface area contributed by atoms with Crippen LogP contribution in [0.5, 0.6) is 0 Å². The van der Waals surface area contributed by atoms with Crippen molar-refractivity contribution < 1.29 is 9.53 Å². The van der Waals surface area contributed by atoms with Crippen LogP contribution < -0.4 is 0 Å². The maximum Gasteiger partial charge on any atom is 0.317 e. The standard InChI is InChI=1S/C24H35NO2/c1-3-4-5-6-7-8-9-10-11-12-13-14-21-19-23(26)27-24(21)25-22-17-15-20(2)16-18-22/h14-18H,3-13,19H2,1-2H3/b21-14+,25-24?. The molecule has 1 heterocycles. The van der Waals surface area contributed by atoms with E-state index in [1.807, 2.05) is 31.2 Å². The van der Waals surface area contributed by atoms with Gasteiger partial charge in [0.1, 0.15) is 0 Å². The fourth-order valence-electron chi connectivity index (χ4n) is 3.34. The van der Waals surface area contributed by atoms with Crippen LogP contribution in [0.1, 0.15) is 89.5 Å². The third kappa shape index (κ3) is 8.55. The quantitative estimate of drug-likeness (QED) is 0.288. The van der Waals surface area contributed by atoms with Crippen LogP contribution in [0.4, 0.5) is 5.69 Å². The van der Waals surface area contributed by atoms with Gasteiger partial charge in [-0.05, 0) is 31.9 Å². The fraction of sp³-hybridized carbons (Fsp3) is 0.583. The smallest absolute Gasteiger partial charge is 0.317 e. The van der Waals surface area contributed by atoms with E-state index < -0.39 is 0 Å².